The molecular formula is C9H5N2NaO2S3. The number of fused-ring (bicyclic) bond motifs is 3. The molecule has 0 aliphatic carbocycles. The van der Waals surface area contributed by atoms with Gasteiger partial charge in [-0.3, -0.25) is 4.79 Å². The molecule has 3 rings (SSSR count). The average molecular weight is 292 g/mol. The van der Waals surface area contributed by atoms with Gasteiger partial charge >= 0.3 is 29.6 Å². The van der Waals surface area contributed by atoms with Crippen molar-refractivity contribution in [2.45, 2.75) is 5.03 Å². The zero-order valence-electron chi connectivity index (χ0n) is 9.07. The Bertz CT molecular complexity index is 746. The minimum absolute atomic E-state index is 0. The Morgan fingerprint density at radius 2 is 2.29 bits per heavy atom. The summed E-state index contributed by atoms with van der Waals surface area (Å²) in [5.74, 6) is -0.351. The van der Waals surface area contributed by atoms with E-state index in [0.717, 1.165) is 20.5 Å². The first-order valence-electron chi connectivity index (χ1n) is 4.37. The third kappa shape index (κ3) is 2.05. The quantitative estimate of drug-likeness (QED) is 0.461. The van der Waals surface area contributed by atoms with Gasteiger partial charge in [-0.2, -0.15) is 4.37 Å². The fourth-order valence-electron chi connectivity index (χ4n) is 1.57. The molecule has 0 unspecified atom stereocenters. The second kappa shape index (κ2) is 4.91. The number of thioether (sulfide) groups is 1. The van der Waals surface area contributed by atoms with Crippen LogP contribution >= 0.6 is 34.6 Å². The second-order valence-corrected chi connectivity index (χ2v) is 6.01. The molecule has 3 heterocycles. The van der Waals surface area contributed by atoms with Crippen LogP contribution in [0.2, 0.25) is 0 Å². The number of pyridine rings is 1. The number of rotatable bonds is 1. The summed E-state index contributed by atoms with van der Waals surface area (Å²) in [7, 11) is 0. The van der Waals surface area contributed by atoms with E-state index in [9.17, 15) is 9.90 Å². The third-order valence-corrected chi connectivity index (χ3v) is 5.14. The van der Waals surface area contributed by atoms with E-state index in [4.69, 9.17) is 0 Å². The Morgan fingerprint density at radius 1 is 1.53 bits per heavy atom. The molecule has 0 saturated carbocycles. The average Bonchev–Trinajstić information content (AvgIpc) is 2.77. The molecule has 1 N–H and O–H groups in total. The van der Waals surface area contributed by atoms with Crippen molar-refractivity contribution in [3.8, 4) is 5.88 Å². The molecule has 0 spiro atoms. The molecule has 3 aromatic heterocycles. The SMILES string of the molecule is CSc1nsc2sc3c(=O)cc([O-])[nH]c3c12.[Na+]. The van der Waals surface area contributed by atoms with Crippen molar-refractivity contribution in [1.29, 1.82) is 0 Å². The van der Waals surface area contributed by atoms with Crippen molar-refractivity contribution in [2.24, 2.45) is 0 Å². The first-order chi connectivity index (χ1) is 7.70. The molecule has 82 valence electrons. The summed E-state index contributed by atoms with van der Waals surface area (Å²) in [5.41, 5.74) is 0.426. The molecule has 0 fully saturated rings. The van der Waals surface area contributed by atoms with Gasteiger partial charge in [-0.05, 0) is 29.7 Å². The number of thiophene rings is 1. The number of H-pyrrole nitrogens is 1. The van der Waals surface area contributed by atoms with Crippen LogP contribution < -0.4 is 40.1 Å². The van der Waals surface area contributed by atoms with Crippen molar-refractivity contribution < 1.29 is 34.7 Å². The number of hydrogen-bond donors (Lipinski definition) is 1. The molecule has 0 saturated heterocycles. The zero-order chi connectivity index (χ0) is 11.3. The van der Waals surface area contributed by atoms with Gasteiger partial charge in [0, 0.05) is 0 Å². The smallest absolute Gasteiger partial charge is 0.860 e. The number of aromatic amines is 1. The normalized spacial score (nSPS) is 10.9. The van der Waals surface area contributed by atoms with Gasteiger partial charge in [0.2, 0.25) is 0 Å². The minimum atomic E-state index is -0.351. The predicted molar refractivity (Wildman–Crippen MR) is 66.9 cm³/mol. The van der Waals surface area contributed by atoms with E-state index in [0.29, 0.717) is 10.2 Å². The Kier molecular flexibility index (Phi) is 3.86. The van der Waals surface area contributed by atoms with Crippen LogP contribution in [0.1, 0.15) is 0 Å². The van der Waals surface area contributed by atoms with E-state index in [2.05, 4.69) is 9.36 Å². The van der Waals surface area contributed by atoms with Crippen molar-refractivity contribution in [2.75, 3.05) is 6.26 Å². The van der Waals surface area contributed by atoms with Crippen LogP contribution in [0.3, 0.4) is 0 Å². The molecule has 0 aliphatic heterocycles. The van der Waals surface area contributed by atoms with Gasteiger partial charge in [0.05, 0.1) is 10.9 Å². The van der Waals surface area contributed by atoms with Crippen LogP contribution in [0.4, 0.5) is 0 Å². The van der Waals surface area contributed by atoms with Crippen LogP contribution in [0.15, 0.2) is 15.9 Å². The number of aromatic nitrogens is 2. The molecule has 0 radical (unpaired) electrons. The van der Waals surface area contributed by atoms with E-state index in [1.54, 1.807) is 0 Å². The fraction of sp³-hybridized carbons (Fsp3) is 0.111. The van der Waals surface area contributed by atoms with Gasteiger partial charge in [-0.15, -0.1) is 23.1 Å². The van der Waals surface area contributed by atoms with Crippen LogP contribution in [0.5, 0.6) is 5.88 Å². The molecular weight excluding hydrogens is 287 g/mol. The van der Waals surface area contributed by atoms with Gasteiger partial charge in [0.15, 0.2) is 5.43 Å². The van der Waals surface area contributed by atoms with Crippen LogP contribution in [0, 0.1) is 0 Å². The van der Waals surface area contributed by atoms with Crippen molar-refractivity contribution in [1.82, 2.24) is 9.36 Å². The molecule has 0 aliphatic rings. The van der Waals surface area contributed by atoms with Gasteiger partial charge in [-0.1, -0.05) is 0 Å². The monoisotopic (exact) mass is 292 g/mol. The first kappa shape index (κ1) is 13.4. The van der Waals surface area contributed by atoms with Crippen molar-refractivity contribution in [3.05, 3.63) is 16.3 Å². The summed E-state index contributed by atoms with van der Waals surface area (Å²) in [6, 6.07) is 1.09. The van der Waals surface area contributed by atoms with E-state index in [1.165, 1.54) is 34.6 Å². The first-order valence-corrected chi connectivity index (χ1v) is 7.18. The van der Waals surface area contributed by atoms with E-state index in [-0.39, 0.29) is 40.9 Å². The Labute approximate surface area is 131 Å². The maximum atomic E-state index is 11.6. The molecule has 0 aromatic carbocycles. The molecule has 3 aromatic rings. The number of nitrogens with one attached hydrogen (secondary N) is 1. The van der Waals surface area contributed by atoms with E-state index < -0.39 is 0 Å². The molecule has 0 atom stereocenters. The predicted octanol–water partition coefficient (Wildman–Crippen LogP) is -1.00. The maximum absolute atomic E-state index is 11.6. The molecule has 4 nitrogen and oxygen atoms in total. The third-order valence-electron chi connectivity index (χ3n) is 2.23. The summed E-state index contributed by atoms with van der Waals surface area (Å²) in [6.07, 6.45) is 1.93. The van der Waals surface area contributed by atoms with Crippen molar-refractivity contribution >= 4 is 54.2 Å². The largest absolute Gasteiger partial charge is 1.00 e. The molecule has 0 amide bonds. The molecule has 8 heteroatoms. The fourth-order valence-corrected chi connectivity index (χ4v) is 4.48. The Balaban J connectivity index is 0.00000108. The summed E-state index contributed by atoms with van der Waals surface area (Å²) < 4.78 is 5.87. The number of nitrogens with zero attached hydrogens (tertiary/aromatic N) is 1. The number of hydrogen-bond acceptors (Lipinski definition) is 6. The van der Waals surface area contributed by atoms with E-state index >= 15 is 0 Å². The molecule has 17 heavy (non-hydrogen) atoms. The summed E-state index contributed by atoms with van der Waals surface area (Å²) in [6.45, 7) is 0. The minimum Gasteiger partial charge on any atom is -0.860 e. The van der Waals surface area contributed by atoms with Gasteiger partial charge in [0.1, 0.15) is 13.7 Å². The van der Waals surface area contributed by atoms with Gasteiger partial charge in [-0.25, -0.2) is 0 Å². The zero-order valence-corrected chi connectivity index (χ0v) is 13.5. The molecule has 0 bridgehead atoms. The maximum Gasteiger partial charge on any atom is 1.00 e. The standard InChI is InChI=1S/C9H6N2O2S3.Na/c1-14-8-5-6-7(15-9(5)16-11-8)3(12)2-4(13)10-6;/h2H,1H3,(H2,10,12,13);/q;+1/p-1. The van der Waals surface area contributed by atoms with Crippen LogP contribution in [0.25, 0.3) is 19.6 Å². The van der Waals surface area contributed by atoms with Crippen LogP contribution in [-0.2, 0) is 0 Å². The van der Waals surface area contributed by atoms with Gasteiger partial charge in [0.25, 0.3) is 0 Å². The Hall–Kier alpha value is -0.0500. The summed E-state index contributed by atoms with van der Waals surface area (Å²) in [5, 5.41) is 13.1. The summed E-state index contributed by atoms with van der Waals surface area (Å²) >= 11 is 4.28. The van der Waals surface area contributed by atoms with Crippen molar-refractivity contribution in [3.63, 3.8) is 0 Å². The second-order valence-electron chi connectivity index (χ2n) is 3.16. The van der Waals surface area contributed by atoms with Crippen LogP contribution in [-0.4, -0.2) is 15.6 Å². The van der Waals surface area contributed by atoms with E-state index in [1.807, 2.05) is 6.26 Å². The summed E-state index contributed by atoms with van der Waals surface area (Å²) in [4.78, 5) is 14.4. The topological polar surface area (TPSA) is 68.8 Å². The van der Waals surface area contributed by atoms with Gasteiger partial charge < -0.3 is 10.1 Å². The Morgan fingerprint density at radius 3 is 3.00 bits per heavy atom.